The molecule has 0 bridgehead atoms. The van der Waals surface area contributed by atoms with E-state index in [4.69, 9.17) is 25.8 Å². The van der Waals surface area contributed by atoms with E-state index >= 15 is 0 Å². The van der Waals surface area contributed by atoms with Crippen molar-refractivity contribution in [3.8, 4) is 11.5 Å². The second-order valence-electron chi connectivity index (χ2n) is 10.7. The topological polar surface area (TPSA) is 95.8 Å². The van der Waals surface area contributed by atoms with Crippen LogP contribution in [0.3, 0.4) is 0 Å². The average Bonchev–Trinajstić information content (AvgIpc) is 3.39. The molecule has 0 aliphatic carbocycles. The molecule has 2 heterocycles. The highest BCUT2D eigenvalue weighted by Crippen LogP contribution is 2.38. The molecule has 0 spiro atoms. The van der Waals surface area contributed by atoms with Crippen molar-refractivity contribution in [2.75, 3.05) is 26.9 Å². The highest BCUT2D eigenvalue weighted by Gasteiger charge is 2.29. The van der Waals surface area contributed by atoms with Crippen molar-refractivity contribution < 1.29 is 23.8 Å². The number of benzene rings is 3. The Bertz CT molecular complexity index is 1640. The molecule has 10 heteroatoms. The van der Waals surface area contributed by atoms with Crippen LogP contribution >= 0.6 is 11.6 Å². The van der Waals surface area contributed by atoms with Crippen LogP contribution in [0.2, 0.25) is 5.02 Å². The first-order valence-corrected chi connectivity index (χ1v) is 15.1. The number of unbranched alkanes of at least 4 members (excludes halogenated alkanes) is 1. The molecule has 1 unspecified atom stereocenters. The summed E-state index contributed by atoms with van der Waals surface area (Å²) in [5.74, 6) is 0.586. The SMILES string of the molecule is CCCCOc1ccc(C(=O)N2CCc3c(cccc3C(CC(=O)OCC)c3cc(OC)c4c(c3)nnn4C)C2)c(Cl)c1. The van der Waals surface area contributed by atoms with Crippen LogP contribution in [0.25, 0.3) is 11.0 Å². The van der Waals surface area contributed by atoms with Crippen molar-refractivity contribution in [2.45, 2.75) is 52.0 Å². The standard InChI is InChI=1S/C33H37ClN4O5/c1-5-7-15-43-23-11-12-26(28(34)18-23)33(40)38-14-13-24-21(20-38)9-8-10-25(24)27(19-31(39)42-6-2)22-16-29-32(30(17-22)41-4)37(3)36-35-29/h8-12,16-18,27H,5-7,13-15,19-20H2,1-4H3. The minimum atomic E-state index is -0.300. The van der Waals surface area contributed by atoms with Crippen LogP contribution in [-0.4, -0.2) is 58.6 Å². The van der Waals surface area contributed by atoms with Crippen LogP contribution in [-0.2, 0) is 29.5 Å². The minimum absolute atomic E-state index is 0.123. The van der Waals surface area contributed by atoms with Gasteiger partial charge in [-0.15, -0.1) is 5.10 Å². The molecule has 0 radical (unpaired) electrons. The van der Waals surface area contributed by atoms with Gasteiger partial charge in [-0.25, -0.2) is 4.68 Å². The van der Waals surface area contributed by atoms with Crippen LogP contribution in [0.4, 0.5) is 0 Å². The number of hydrogen-bond donors (Lipinski definition) is 0. The van der Waals surface area contributed by atoms with Gasteiger partial charge in [-0.05, 0) is 72.4 Å². The molecular formula is C33H37ClN4O5. The summed E-state index contributed by atoms with van der Waals surface area (Å²) in [6.07, 6.45) is 2.79. The van der Waals surface area contributed by atoms with Crippen molar-refractivity contribution in [2.24, 2.45) is 7.05 Å². The molecule has 1 amide bonds. The molecule has 1 aromatic heterocycles. The molecule has 43 heavy (non-hydrogen) atoms. The lowest BCUT2D eigenvalue weighted by molar-refractivity contribution is -0.143. The Morgan fingerprint density at radius 1 is 1.12 bits per heavy atom. The van der Waals surface area contributed by atoms with Crippen LogP contribution < -0.4 is 9.47 Å². The van der Waals surface area contributed by atoms with E-state index in [0.717, 1.165) is 40.6 Å². The first-order valence-electron chi connectivity index (χ1n) is 14.7. The van der Waals surface area contributed by atoms with Crippen molar-refractivity contribution in [3.63, 3.8) is 0 Å². The number of amides is 1. The zero-order chi connectivity index (χ0) is 30.5. The number of ether oxygens (including phenoxy) is 3. The smallest absolute Gasteiger partial charge is 0.306 e. The molecule has 3 aromatic carbocycles. The quantitative estimate of drug-likeness (QED) is 0.151. The van der Waals surface area contributed by atoms with Gasteiger partial charge in [0, 0.05) is 26.1 Å². The summed E-state index contributed by atoms with van der Waals surface area (Å²) < 4.78 is 18.5. The van der Waals surface area contributed by atoms with E-state index in [9.17, 15) is 9.59 Å². The zero-order valence-corrected chi connectivity index (χ0v) is 25.8. The highest BCUT2D eigenvalue weighted by atomic mass is 35.5. The van der Waals surface area contributed by atoms with Crippen LogP contribution in [0.1, 0.15) is 71.6 Å². The number of esters is 1. The van der Waals surface area contributed by atoms with E-state index in [2.05, 4.69) is 23.3 Å². The van der Waals surface area contributed by atoms with Gasteiger partial charge in [0.15, 0.2) is 0 Å². The first kappa shape index (κ1) is 30.4. The van der Waals surface area contributed by atoms with Gasteiger partial charge in [0.1, 0.15) is 22.5 Å². The summed E-state index contributed by atoms with van der Waals surface area (Å²) in [6, 6.07) is 15.2. The number of carbonyl (C=O) groups is 2. The Labute approximate surface area is 256 Å². The molecular weight excluding hydrogens is 568 g/mol. The number of aromatic nitrogens is 3. The summed E-state index contributed by atoms with van der Waals surface area (Å²) in [4.78, 5) is 28.2. The van der Waals surface area contributed by atoms with Gasteiger partial charge in [-0.1, -0.05) is 48.4 Å². The van der Waals surface area contributed by atoms with Gasteiger partial charge in [0.25, 0.3) is 5.91 Å². The Morgan fingerprint density at radius 3 is 2.70 bits per heavy atom. The summed E-state index contributed by atoms with van der Waals surface area (Å²) in [5, 5.41) is 8.84. The Kier molecular flexibility index (Phi) is 9.50. The lowest BCUT2D eigenvalue weighted by Gasteiger charge is -2.32. The van der Waals surface area contributed by atoms with E-state index < -0.39 is 0 Å². The monoisotopic (exact) mass is 604 g/mol. The normalized spacial score (nSPS) is 13.5. The maximum atomic E-state index is 13.6. The molecule has 5 rings (SSSR count). The van der Waals surface area contributed by atoms with Gasteiger partial charge in [-0.2, -0.15) is 0 Å². The second-order valence-corrected chi connectivity index (χ2v) is 11.1. The molecule has 0 N–H and O–H groups in total. The van der Waals surface area contributed by atoms with E-state index in [1.54, 1.807) is 36.9 Å². The summed E-state index contributed by atoms with van der Waals surface area (Å²) >= 11 is 6.54. The number of hydrogen-bond acceptors (Lipinski definition) is 7. The largest absolute Gasteiger partial charge is 0.494 e. The molecule has 0 saturated carbocycles. The lowest BCUT2D eigenvalue weighted by atomic mass is 9.82. The fourth-order valence-electron chi connectivity index (χ4n) is 5.73. The molecule has 1 aliphatic heterocycles. The molecule has 9 nitrogen and oxygen atoms in total. The minimum Gasteiger partial charge on any atom is -0.494 e. The van der Waals surface area contributed by atoms with E-state index in [0.29, 0.717) is 60.3 Å². The van der Waals surface area contributed by atoms with Crippen molar-refractivity contribution in [1.29, 1.82) is 0 Å². The number of carbonyl (C=O) groups excluding carboxylic acids is 2. The Morgan fingerprint density at radius 2 is 1.95 bits per heavy atom. The van der Waals surface area contributed by atoms with Gasteiger partial charge >= 0.3 is 5.97 Å². The third-order valence-corrected chi connectivity index (χ3v) is 8.20. The number of methoxy groups -OCH3 is 1. The number of aryl methyl sites for hydroxylation is 1. The molecule has 226 valence electrons. The molecule has 1 aliphatic rings. The average molecular weight is 605 g/mol. The molecule has 0 saturated heterocycles. The van der Waals surface area contributed by atoms with Gasteiger partial charge in [0.2, 0.25) is 0 Å². The number of rotatable bonds is 11. The van der Waals surface area contributed by atoms with Crippen molar-refractivity contribution in [1.82, 2.24) is 19.9 Å². The lowest BCUT2D eigenvalue weighted by Crippen LogP contribution is -2.36. The predicted octanol–water partition coefficient (Wildman–Crippen LogP) is 6.09. The fourth-order valence-corrected chi connectivity index (χ4v) is 5.98. The second kappa shape index (κ2) is 13.5. The Hall–Kier alpha value is -4.11. The summed E-state index contributed by atoms with van der Waals surface area (Å²) in [7, 11) is 3.43. The van der Waals surface area contributed by atoms with Crippen LogP contribution in [0.15, 0.2) is 48.5 Å². The van der Waals surface area contributed by atoms with Crippen molar-refractivity contribution in [3.05, 3.63) is 81.4 Å². The third-order valence-electron chi connectivity index (χ3n) is 7.89. The zero-order valence-electron chi connectivity index (χ0n) is 25.1. The van der Waals surface area contributed by atoms with E-state index in [1.165, 1.54) is 0 Å². The summed E-state index contributed by atoms with van der Waals surface area (Å²) in [6.45, 7) is 5.78. The van der Waals surface area contributed by atoms with Gasteiger partial charge in [-0.3, -0.25) is 9.59 Å². The van der Waals surface area contributed by atoms with Gasteiger partial charge in [0.05, 0.1) is 37.3 Å². The first-order chi connectivity index (χ1) is 20.8. The predicted molar refractivity (Wildman–Crippen MR) is 165 cm³/mol. The molecule has 1 atom stereocenters. The molecule has 0 fully saturated rings. The van der Waals surface area contributed by atoms with Crippen LogP contribution in [0, 0.1) is 0 Å². The van der Waals surface area contributed by atoms with Gasteiger partial charge < -0.3 is 19.1 Å². The number of nitrogens with zero attached hydrogens (tertiary/aromatic N) is 4. The van der Waals surface area contributed by atoms with E-state index in [-0.39, 0.29) is 24.2 Å². The van der Waals surface area contributed by atoms with E-state index in [1.807, 2.05) is 36.2 Å². The Balaban J connectivity index is 1.45. The highest BCUT2D eigenvalue weighted by molar-refractivity contribution is 6.34. The molecule has 4 aromatic rings. The number of fused-ring (bicyclic) bond motifs is 2. The van der Waals surface area contributed by atoms with Crippen LogP contribution in [0.5, 0.6) is 11.5 Å². The number of halogens is 1. The maximum absolute atomic E-state index is 13.6. The summed E-state index contributed by atoms with van der Waals surface area (Å²) in [5.41, 5.74) is 6.00. The fraction of sp³-hybridized carbons (Fsp3) is 0.394. The maximum Gasteiger partial charge on any atom is 0.306 e. The third kappa shape index (κ3) is 6.46. The van der Waals surface area contributed by atoms with Crippen molar-refractivity contribution >= 4 is 34.5 Å².